The number of carbonyl (C=O) groups is 1. The number of hydrogen-bond acceptors (Lipinski definition) is 4. The smallest absolute Gasteiger partial charge is 0.269 e. The van der Waals surface area contributed by atoms with E-state index >= 15 is 0 Å². The zero-order valence-electron chi connectivity index (χ0n) is 17.1. The van der Waals surface area contributed by atoms with E-state index in [-0.39, 0.29) is 5.91 Å². The van der Waals surface area contributed by atoms with Crippen molar-refractivity contribution in [3.05, 3.63) is 72.1 Å². The predicted octanol–water partition coefficient (Wildman–Crippen LogP) is 4.53. The highest BCUT2D eigenvalue weighted by Crippen LogP contribution is 2.31. The molecule has 1 unspecified atom stereocenters. The summed E-state index contributed by atoms with van der Waals surface area (Å²) in [4.78, 5) is 17.1. The fraction of sp³-hybridized carbons (Fsp3) is 0.261. The average Bonchev–Trinajstić information content (AvgIpc) is 3.37. The number of fused-ring (bicyclic) bond motifs is 1. The highest BCUT2D eigenvalue weighted by molar-refractivity contribution is 5.94. The van der Waals surface area contributed by atoms with Crippen LogP contribution in [-0.4, -0.2) is 33.3 Å². The third-order valence-corrected chi connectivity index (χ3v) is 5.20. The number of nitrogens with zero attached hydrogens (tertiary/aromatic N) is 4. The second-order valence-corrected chi connectivity index (χ2v) is 7.46. The number of amides is 1. The predicted molar refractivity (Wildman–Crippen MR) is 114 cm³/mol. The lowest BCUT2D eigenvalue weighted by atomic mass is 10.0. The fourth-order valence-electron chi connectivity index (χ4n) is 3.60. The first-order chi connectivity index (χ1) is 14.9. The third kappa shape index (κ3) is 4.47. The van der Waals surface area contributed by atoms with Gasteiger partial charge >= 0.3 is 0 Å². The molecule has 6 nitrogen and oxygen atoms in total. The molecule has 3 aromatic rings. The zero-order valence-corrected chi connectivity index (χ0v) is 17.1. The number of halogens is 2. The summed E-state index contributed by atoms with van der Waals surface area (Å²) in [7, 11) is 1.93. The summed E-state index contributed by atoms with van der Waals surface area (Å²) in [6.07, 6.45) is 4.70. The lowest BCUT2D eigenvalue weighted by Gasteiger charge is -2.23. The maximum absolute atomic E-state index is 13.6. The lowest BCUT2D eigenvalue weighted by molar-refractivity contribution is -0.129. The van der Waals surface area contributed by atoms with E-state index in [1.165, 1.54) is 17.1 Å². The molecule has 0 aliphatic carbocycles. The van der Waals surface area contributed by atoms with Crippen LogP contribution in [0, 0.1) is 11.6 Å². The standard InChI is InChI=1S/C23H22F2N4O2/c1-15(4-3-9-31-19-5-6-22-20(13-19)26-14-28(22)2)23(30)29-21(7-8-27-29)16-10-17(24)12-18(25)11-16/h5-6,8,10-14,21H,1,3-4,7,9H2,2H3. The molecule has 1 aliphatic rings. The molecular weight excluding hydrogens is 402 g/mol. The Balaban J connectivity index is 1.31. The van der Waals surface area contributed by atoms with Crippen LogP contribution in [0.3, 0.4) is 0 Å². The summed E-state index contributed by atoms with van der Waals surface area (Å²) in [6, 6.07) is 8.39. The molecule has 1 aliphatic heterocycles. The van der Waals surface area contributed by atoms with Crippen LogP contribution in [-0.2, 0) is 11.8 Å². The summed E-state index contributed by atoms with van der Waals surface area (Å²) in [5.41, 5.74) is 2.60. The molecule has 31 heavy (non-hydrogen) atoms. The Morgan fingerprint density at radius 2 is 2.00 bits per heavy atom. The maximum Gasteiger partial charge on any atom is 0.269 e. The van der Waals surface area contributed by atoms with E-state index in [4.69, 9.17) is 4.74 Å². The van der Waals surface area contributed by atoms with E-state index in [9.17, 15) is 13.6 Å². The lowest BCUT2D eigenvalue weighted by Crippen LogP contribution is -2.28. The van der Waals surface area contributed by atoms with Crippen molar-refractivity contribution < 1.29 is 18.3 Å². The number of imidazole rings is 1. The van der Waals surface area contributed by atoms with Crippen LogP contribution >= 0.6 is 0 Å². The quantitative estimate of drug-likeness (QED) is 0.414. The van der Waals surface area contributed by atoms with Crippen molar-refractivity contribution in [3.63, 3.8) is 0 Å². The van der Waals surface area contributed by atoms with E-state index in [0.717, 1.165) is 17.1 Å². The SMILES string of the molecule is C=C(CCCOc1ccc2c(c1)ncn2C)C(=O)N1N=CCC1c1cc(F)cc(F)c1. The molecule has 0 bridgehead atoms. The molecule has 2 heterocycles. The van der Waals surface area contributed by atoms with Gasteiger partial charge in [-0.3, -0.25) is 4.79 Å². The van der Waals surface area contributed by atoms with Gasteiger partial charge < -0.3 is 9.30 Å². The number of benzene rings is 2. The van der Waals surface area contributed by atoms with Crippen molar-refractivity contribution in [2.24, 2.45) is 12.1 Å². The number of aromatic nitrogens is 2. The van der Waals surface area contributed by atoms with E-state index in [1.807, 2.05) is 29.8 Å². The van der Waals surface area contributed by atoms with Crippen LogP contribution in [0.2, 0.25) is 0 Å². The Kier molecular flexibility index (Phi) is 5.79. The van der Waals surface area contributed by atoms with Gasteiger partial charge in [0.1, 0.15) is 17.4 Å². The van der Waals surface area contributed by atoms with Gasteiger partial charge in [0.25, 0.3) is 5.91 Å². The monoisotopic (exact) mass is 424 g/mol. The van der Waals surface area contributed by atoms with Crippen molar-refractivity contribution in [3.8, 4) is 5.75 Å². The highest BCUT2D eigenvalue weighted by atomic mass is 19.1. The second kappa shape index (κ2) is 8.67. The van der Waals surface area contributed by atoms with Crippen LogP contribution in [0.5, 0.6) is 5.75 Å². The van der Waals surface area contributed by atoms with Crippen LogP contribution in [0.4, 0.5) is 8.78 Å². The minimum Gasteiger partial charge on any atom is -0.494 e. The number of rotatable bonds is 7. The number of aryl methyl sites for hydroxylation is 1. The topological polar surface area (TPSA) is 59.7 Å². The van der Waals surface area contributed by atoms with Gasteiger partial charge in [-0.1, -0.05) is 6.58 Å². The van der Waals surface area contributed by atoms with E-state index in [0.29, 0.717) is 42.8 Å². The molecule has 4 rings (SSSR count). The molecule has 0 N–H and O–H groups in total. The van der Waals surface area contributed by atoms with Crippen molar-refractivity contribution >= 4 is 23.2 Å². The molecule has 8 heteroatoms. The van der Waals surface area contributed by atoms with Gasteiger partial charge in [0.15, 0.2) is 0 Å². The van der Waals surface area contributed by atoms with Crippen molar-refractivity contribution in [2.75, 3.05) is 6.61 Å². The van der Waals surface area contributed by atoms with Crippen molar-refractivity contribution in [2.45, 2.75) is 25.3 Å². The first-order valence-electron chi connectivity index (χ1n) is 9.96. The zero-order chi connectivity index (χ0) is 22.0. The van der Waals surface area contributed by atoms with Gasteiger partial charge in [0, 0.05) is 37.4 Å². The first-order valence-corrected chi connectivity index (χ1v) is 9.96. The summed E-state index contributed by atoms with van der Waals surface area (Å²) in [5, 5.41) is 5.34. The highest BCUT2D eigenvalue weighted by Gasteiger charge is 2.30. The molecule has 1 atom stereocenters. The summed E-state index contributed by atoms with van der Waals surface area (Å²) in [6.45, 7) is 4.28. The number of hydrazone groups is 1. The van der Waals surface area contributed by atoms with Gasteiger partial charge in [-0.15, -0.1) is 0 Å². The van der Waals surface area contributed by atoms with Crippen molar-refractivity contribution in [1.29, 1.82) is 0 Å². The van der Waals surface area contributed by atoms with Crippen LogP contribution < -0.4 is 4.74 Å². The third-order valence-electron chi connectivity index (χ3n) is 5.20. The first kappa shape index (κ1) is 20.7. The van der Waals surface area contributed by atoms with Gasteiger partial charge in [-0.05, 0) is 42.7 Å². The molecule has 0 saturated carbocycles. The molecule has 160 valence electrons. The molecule has 0 radical (unpaired) electrons. The average molecular weight is 424 g/mol. The molecule has 1 aromatic heterocycles. The minimum absolute atomic E-state index is 0.363. The van der Waals surface area contributed by atoms with Crippen LogP contribution in [0.25, 0.3) is 11.0 Å². The number of carbonyl (C=O) groups excluding carboxylic acids is 1. The molecule has 0 spiro atoms. The van der Waals surface area contributed by atoms with Gasteiger partial charge in [0.05, 0.1) is 30.0 Å². The Morgan fingerprint density at radius 1 is 1.23 bits per heavy atom. The number of ether oxygens (including phenoxy) is 1. The minimum atomic E-state index is -0.686. The molecule has 2 aromatic carbocycles. The Bertz CT molecular complexity index is 1150. The second-order valence-electron chi connectivity index (χ2n) is 7.46. The molecule has 0 saturated heterocycles. The molecular formula is C23H22F2N4O2. The Morgan fingerprint density at radius 3 is 2.77 bits per heavy atom. The molecule has 1 amide bonds. The van der Waals surface area contributed by atoms with Crippen LogP contribution in [0.1, 0.15) is 30.9 Å². The number of hydrogen-bond donors (Lipinski definition) is 0. The summed E-state index contributed by atoms with van der Waals surface area (Å²) >= 11 is 0. The Labute approximate surface area is 178 Å². The largest absolute Gasteiger partial charge is 0.494 e. The van der Waals surface area contributed by atoms with E-state index < -0.39 is 17.7 Å². The van der Waals surface area contributed by atoms with E-state index in [1.54, 1.807) is 12.5 Å². The van der Waals surface area contributed by atoms with Gasteiger partial charge in [-0.2, -0.15) is 5.10 Å². The summed E-state index contributed by atoms with van der Waals surface area (Å²) in [5.74, 6) is -1.03. The summed E-state index contributed by atoms with van der Waals surface area (Å²) < 4.78 is 34.9. The Hall–Kier alpha value is -3.55. The van der Waals surface area contributed by atoms with Crippen LogP contribution in [0.15, 0.2) is 60.0 Å². The van der Waals surface area contributed by atoms with Crippen molar-refractivity contribution in [1.82, 2.24) is 14.6 Å². The normalized spacial score (nSPS) is 15.6. The van der Waals surface area contributed by atoms with E-state index in [2.05, 4.69) is 16.7 Å². The molecule has 0 fully saturated rings. The fourth-order valence-corrected chi connectivity index (χ4v) is 3.60. The maximum atomic E-state index is 13.6. The van der Waals surface area contributed by atoms with Gasteiger partial charge in [0.2, 0.25) is 0 Å². The van der Waals surface area contributed by atoms with Gasteiger partial charge in [-0.25, -0.2) is 18.8 Å².